The second-order valence-corrected chi connectivity index (χ2v) is 4.40. The van der Waals surface area contributed by atoms with Crippen LogP contribution in [0.25, 0.3) is 0 Å². The summed E-state index contributed by atoms with van der Waals surface area (Å²) in [6, 6.07) is 0. The summed E-state index contributed by atoms with van der Waals surface area (Å²) in [5.74, 6) is 0. The molecule has 0 spiro atoms. The third kappa shape index (κ3) is 2.06. The molecule has 0 unspecified atom stereocenters. The van der Waals surface area contributed by atoms with Gasteiger partial charge in [-0.1, -0.05) is 12.2 Å². The number of hydrogen-bond donors (Lipinski definition) is 1. The van der Waals surface area contributed by atoms with Crippen molar-refractivity contribution in [2.45, 2.75) is 25.8 Å². The van der Waals surface area contributed by atoms with E-state index < -0.39 is 0 Å². The lowest BCUT2D eigenvalue weighted by atomic mass is 10.0. The van der Waals surface area contributed by atoms with Gasteiger partial charge in [0.15, 0.2) is 0 Å². The van der Waals surface area contributed by atoms with E-state index in [1.165, 1.54) is 12.8 Å². The molecule has 1 aliphatic rings. The Morgan fingerprint density at radius 1 is 1.62 bits per heavy atom. The van der Waals surface area contributed by atoms with Crippen molar-refractivity contribution in [3.63, 3.8) is 0 Å². The maximum absolute atomic E-state index is 5.55. The minimum atomic E-state index is 0.354. The van der Waals surface area contributed by atoms with Crippen molar-refractivity contribution in [1.82, 2.24) is 9.55 Å². The topological polar surface area (TPSA) is 43.8 Å². The number of aromatic nitrogens is 2. The van der Waals surface area contributed by atoms with Crippen molar-refractivity contribution >= 4 is 17.2 Å². The van der Waals surface area contributed by atoms with Crippen molar-refractivity contribution in [2.75, 3.05) is 0 Å². The van der Waals surface area contributed by atoms with Crippen molar-refractivity contribution < 1.29 is 0 Å². The van der Waals surface area contributed by atoms with Crippen molar-refractivity contribution in [2.24, 2.45) is 11.1 Å². The van der Waals surface area contributed by atoms with E-state index in [2.05, 4.69) is 9.55 Å². The van der Waals surface area contributed by atoms with Gasteiger partial charge < -0.3 is 10.3 Å². The fourth-order valence-corrected chi connectivity index (χ4v) is 2.01. The van der Waals surface area contributed by atoms with E-state index in [1.54, 1.807) is 6.20 Å². The normalized spacial score (nSPS) is 18.5. The van der Waals surface area contributed by atoms with Crippen LogP contribution in [0.5, 0.6) is 0 Å². The molecular formula is C9H13N3S. The number of imidazole rings is 1. The second-order valence-electron chi connectivity index (χ2n) is 3.88. The molecule has 0 atom stereocenters. The molecule has 2 rings (SSSR count). The average molecular weight is 195 g/mol. The van der Waals surface area contributed by atoms with Crippen LogP contribution in [-0.4, -0.2) is 14.5 Å². The lowest BCUT2D eigenvalue weighted by molar-refractivity contribution is 0.438. The van der Waals surface area contributed by atoms with Crippen LogP contribution in [0.3, 0.4) is 0 Å². The first-order chi connectivity index (χ1) is 6.20. The summed E-state index contributed by atoms with van der Waals surface area (Å²) in [7, 11) is 0. The van der Waals surface area contributed by atoms with E-state index in [4.69, 9.17) is 18.0 Å². The van der Waals surface area contributed by atoms with Crippen molar-refractivity contribution in [1.29, 1.82) is 0 Å². The van der Waals surface area contributed by atoms with Crippen LogP contribution in [0.15, 0.2) is 18.7 Å². The maximum Gasteiger partial charge on any atom is 0.0946 e. The van der Waals surface area contributed by atoms with E-state index in [0.717, 1.165) is 13.0 Å². The predicted molar refractivity (Wildman–Crippen MR) is 55.3 cm³/mol. The Morgan fingerprint density at radius 2 is 2.38 bits per heavy atom. The first-order valence-electron chi connectivity index (χ1n) is 4.44. The second kappa shape index (κ2) is 3.10. The Kier molecular flexibility index (Phi) is 2.07. The molecule has 0 saturated heterocycles. The zero-order valence-corrected chi connectivity index (χ0v) is 8.26. The molecule has 2 N–H and O–H groups in total. The highest BCUT2D eigenvalue weighted by atomic mass is 32.1. The molecule has 0 bridgehead atoms. The van der Waals surface area contributed by atoms with Crippen LogP contribution in [0, 0.1) is 5.41 Å². The summed E-state index contributed by atoms with van der Waals surface area (Å²) in [5.41, 5.74) is 5.91. The van der Waals surface area contributed by atoms with Crippen molar-refractivity contribution in [3.8, 4) is 0 Å². The van der Waals surface area contributed by atoms with Gasteiger partial charge in [-0.25, -0.2) is 4.98 Å². The standard InChI is InChI=1S/C9H13N3S/c10-8(13)5-9(1-2-9)6-12-4-3-11-7-12/h3-4,7H,1-2,5-6H2,(H2,10,13). The molecule has 13 heavy (non-hydrogen) atoms. The highest BCUT2D eigenvalue weighted by Gasteiger charge is 2.42. The Labute approximate surface area is 83.0 Å². The lowest BCUT2D eigenvalue weighted by Gasteiger charge is -2.14. The lowest BCUT2D eigenvalue weighted by Crippen LogP contribution is -2.19. The quantitative estimate of drug-likeness (QED) is 0.737. The van der Waals surface area contributed by atoms with E-state index >= 15 is 0 Å². The molecule has 1 aliphatic carbocycles. The molecule has 1 aromatic heterocycles. The van der Waals surface area contributed by atoms with Crippen LogP contribution in [0.1, 0.15) is 19.3 Å². The summed E-state index contributed by atoms with van der Waals surface area (Å²) in [6.07, 6.45) is 8.99. The van der Waals surface area contributed by atoms with Crippen LogP contribution in [-0.2, 0) is 6.54 Å². The smallest absolute Gasteiger partial charge is 0.0946 e. The van der Waals surface area contributed by atoms with Gasteiger partial charge in [-0.3, -0.25) is 0 Å². The Balaban J connectivity index is 1.98. The van der Waals surface area contributed by atoms with E-state index in [0.29, 0.717) is 10.4 Å². The Hall–Kier alpha value is -0.900. The Bertz CT molecular complexity index is 301. The monoisotopic (exact) mass is 195 g/mol. The molecule has 0 aromatic carbocycles. The van der Waals surface area contributed by atoms with Gasteiger partial charge in [0.2, 0.25) is 0 Å². The number of thiocarbonyl (C=S) groups is 1. The SMILES string of the molecule is NC(=S)CC1(Cn2ccnc2)CC1. The fraction of sp³-hybridized carbons (Fsp3) is 0.556. The van der Waals surface area contributed by atoms with E-state index in [1.807, 2.05) is 12.5 Å². The fourth-order valence-electron chi connectivity index (χ4n) is 1.70. The molecule has 3 nitrogen and oxygen atoms in total. The van der Waals surface area contributed by atoms with Crippen molar-refractivity contribution in [3.05, 3.63) is 18.7 Å². The minimum absolute atomic E-state index is 0.354. The zero-order chi connectivity index (χ0) is 9.31. The number of nitrogens with zero attached hydrogens (tertiary/aromatic N) is 2. The van der Waals surface area contributed by atoms with Gasteiger partial charge >= 0.3 is 0 Å². The Morgan fingerprint density at radius 3 is 2.85 bits per heavy atom. The third-order valence-corrected chi connectivity index (χ3v) is 2.73. The van der Waals surface area contributed by atoms with Gasteiger partial charge in [0.25, 0.3) is 0 Å². The molecule has 0 aliphatic heterocycles. The number of hydrogen-bond acceptors (Lipinski definition) is 2. The molecule has 70 valence electrons. The van der Waals surface area contributed by atoms with Crippen LogP contribution in [0.4, 0.5) is 0 Å². The molecule has 1 aromatic rings. The van der Waals surface area contributed by atoms with Crippen LogP contribution >= 0.6 is 12.2 Å². The molecule has 1 fully saturated rings. The number of nitrogens with two attached hydrogens (primary N) is 1. The number of rotatable bonds is 4. The first kappa shape index (κ1) is 8.69. The summed E-state index contributed by atoms with van der Waals surface area (Å²) in [4.78, 5) is 4.65. The molecule has 1 heterocycles. The summed E-state index contributed by atoms with van der Waals surface area (Å²) in [6.45, 7) is 1.00. The van der Waals surface area contributed by atoms with Gasteiger partial charge in [0.05, 0.1) is 11.3 Å². The van der Waals surface area contributed by atoms with Gasteiger partial charge in [0.1, 0.15) is 0 Å². The molecule has 4 heteroatoms. The highest BCUT2D eigenvalue weighted by Crippen LogP contribution is 2.50. The van der Waals surface area contributed by atoms with Gasteiger partial charge in [-0.05, 0) is 18.3 Å². The molecule has 1 saturated carbocycles. The van der Waals surface area contributed by atoms with E-state index in [9.17, 15) is 0 Å². The minimum Gasteiger partial charge on any atom is -0.393 e. The molecule has 0 amide bonds. The maximum atomic E-state index is 5.55. The van der Waals surface area contributed by atoms with Crippen LogP contribution in [0.2, 0.25) is 0 Å². The van der Waals surface area contributed by atoms with Crippen LogP contribution < -0.4 is 5.73 Å². The summed E-state index contributed by atoms with van der Waals surface area (Å²) >= 11 is 4.93. The third-order valence-electron chi connectivity index (χ3n) is 2.58. The van der Waals surface area contributed by atoms with Gasteiger partial charge in [0, 0.05) is 25.4 Å². The highest BCUT2D eigenvalue weighted by molar-refractivity contribution is 7.80. The van der Waals surface area contributed by atoms with E-state index in [-0.39, 0.29) is 0 Å². The average Bonchev–Trinajstić information content (AvgIpc) is 2.61. The molecule has 0 radical (unpaired) electrons. The van der Waals surface area contributed by atoms with Gasteiger partial charge in [-0.2, -0.15) is 0 Å². The van der Waals surface area contributed by atoms with Gasteiger partial charge in [-0.15, -0.1) is 0 Å². The summed E-state index contributed by atoms with van der Waals surface area (Å²) in [5, 5.41) is 0. The summed E-state index contributed by atoms with van der Waals surface area (Å²) < 4.78 is 2.10. The predicted octanol–water partition coefficient (Wildman–Crippen LogP) is 1.34. The zero-order valence-electron chi connectivity index (χ0n) is 7.44. The first-order valence-corrected chi connectivity index (χ1v) is 4.85. The largest absolute Gasteiger partial charge is 0.393 e. The molecular weight excluding hydrogens is 182 g/mol.